The molecule has 3 N–H and O–H groups in total. The van der Waals surface area contributed by atoms with E-state index in [0.29, 0.717) is 23.5 Å². The average Bonchev–Trinajstić information content (AvgIpc) is 2.46. The van der Waals surface area contributed by atoms with Crippen LogP contribution >= 0.6 is 0 Å². The van der Waals surface area contributed by atoms with E-state index in [4.69, 9.17) is 15.7 Å². The molecule has 0 fully saturated rings. The number of nitrogens with two attached hydrogens (primary N) is 1. The number of ether oxygens (including phenoxy) is 1. The summed E-state index contributed by atoms with van der Waals surface area (Å²) >= 11 is 0. The Kier molecular flexibility index (Phi) is 3.89. The molecule has 19 heavy (non-hydrogen) atoms. The Morgan fingerprint density at radius 3 is 2.79 bits per heavy atom. The van der Waals surface area contributed by atoms with Gasteiger partial charge in [-0.3, -0.25) is 0 Å². The van der Waals surface area contributed by atoms with Crippen molar-refractivity contribution in [2.45, 2.75) is 6.54 Å². The third-order valence-electron chi connectivity index (χ3n) is 2.83. The van der Waals surface area contributed by atoms with E-state index in [-0.39, 0.29) is 0 Å². The van der Waals surface area contributed by atoms with Crippen LogP contribution in [0.1, 0.15) is 11.1 Å². The Labute approximate surface area is 112 Å². The van der Waals surface area contributed by atoms with E-state index < -0.39 is 0 Å². The highest BCUT2D eigenvalue weighted by molar-refractivity contribution is 5.72. The third-order valence-corrected chi connectivity index (χ3v) is 2.83. The molecule has 2 aromatic carbocycles. The van der Waals surface area contributed by atoms with E-state index in [1.54, 1.807) is 13.2 Å². The third kappa shape index (κ3) is 2.96. The lowest BCUT2D eigenvalue weighted by molar-refractivity contribution is 0.417. The van der Waals surface area contributed by atoms with Crippen LogP contribution in [0.5, 0.6) is 5.75 Å². The summed E-state index contributed by atoms with van der Waals surface area (Å²) in [5, 5.41) is 12.1. The molecule has 2 aromatic rings. The Hall–Kier alpha value is -2.67. The van der Waals surface area contributed by atoms with E-state index in [1.165, 1.54) is 0 Å². The fraction of sp³-hybridized carbons (Fsp3) is 0.133. The molecule has 0 bridgehead atoms. The summed E-state index contributed by atoms with van der Waals surface area (Å²) < 4.78 is 5.17. The van der Waals surface area contributed by atoms with Gasteiger partial charge < -0.3 is 15.8 Å². The number of hydrogen-bond acceptors (Lipinski definition) is 4. The maximum absolute atomic E-state index is 8.85. The summed E-state index contributed by atoms with van der Waals surface area (Å²) in [4.78, 5) is 0. The van der Waals surface area contributed by atoms with Gasteiger partial charge in [0.15, 0.2) is 0 Å². The largest absolute Gasteiger partial charge is 0.495 e. The molecule has 0 atom stereocenters. The molecule has 0 unspecified atom stereocenters. The van der Waals surface area contributed by atoms with Gasteiger partial charge in [0.25, 0.3) is 0 Å². The zero-order valence-corrected chi connectivity index (χ0v) is 10.7. The number of hydrogen-bond donors (Lipinski definition) is 2. The highest BCUT2D eigenvalue weighted by atomic mass is 16.5. The summed E-state index contributed by atoms with van der Waals surface area (Å²) in [6, 6.07) is 15.2. The molecule has 0 heterocycles. The molecule has 0 amide bonds. The van der Waals surface area contributed by atoms with E-state index in [9.17, 15) is 0 Å². The molecular formula is C15H15N3O. The summed E-state index contributed by atoms with van der Waals surface area (Å²) in [6.45, 7) is 0.604. The number of para-hydroxylation sites is 1. The molecular weight excluding hydrogens is 238 g/mol. The van der Waals surface area contributed by atoms with Gasteiger partial charge in [-0.1, -0.05) is 18.2 Å². The molecule has 0 saturated heterocycles. The molecule has 0 aliphatic rings. The minimum absolute atomic E-state index is 0.585. The van der Waals surface area contributed by atoms with Crippen molar-refractivity contribution in [1.29, 1.82) is 5.26 Å². The second-order valence-corrected chi connectivity index (χ2v) is 4.09. The quantitative estimate of drug-likeness (QED) is 0.822. The lowest BCUT2D eigenvalue weighted by Gasteiger charge is -2.12. The maximum Gasteiger partial charge on any atom is 0.143 e. The van der Waals surface area contributed by atoms with Gasteiger partial charge in [0.1, 0.15) is 5.75 Å². The second kappa shape index (κ2) is 5.78. The van der Waals surface area contributed by atoms with Crippen molar-refractivity contribution in [2.75, 3.05) is 18.2 Å². The SMILES string of the molecule is COc1cccc(NCc2cccc(C#N)c2)c1N. The minimum Gasteiger partial charge on any atom is -0.495 e. The molecule has 0 aliphatic carbocycles. The van der Waals surface area contributed by atoms with Gasteiger partial charge >= 0.3 is 0 Å². The number of nitrogens with zero attached hydrogens (tertiary/aromatic N) is 1. The van der Waals surface area contributed by atoms with Crippen molar-refractivity contribution >= 4 is 11.4 Å². The van der Waals surface area contributed by atoms with Gasteiger partial charge in [-0.2, -0.15) is 5.26 Å². The molecule has 4 nitrogen and oxygen atoms in total. The van der Waals surface area contributed by atoms with Gasteiger partial charge in [0, 0.05) is 6.54 Å². The highest BCUT2D eigenvalue weighted by Crippen LogP contribution is 2.29. The Balaban J connectivity index is 2.12. The van der Waals surface area contributed by atoms with Crippen molar-refractivity contribution in [3.05, 3.63) is 53.6 Å². The number of nitriles is 1. The first-order valence-electron chi connectivity index (χ1n) is 5.90. The predicted molar refractivity (Wildman–Crippen MR) is 75.9 cm³/mol. The zero-order chi connectivity index (χ0) is 13.7. The molecule has 0 spiro atoms. The predicted octanol–water partition coefficient (Wildman–Crippen LogP) is 2.76. The number of methoxy groups -OCH3 is 1. The fourth-order valence-electron chi connectivity index (χ4n) is 1.82. The number of nitrogens with one attached hydrogen (secondary N) is 1. The van der Waals surface area contributed by atoms with Crippen molar-refractivity contribution in [2.24, 2.45) is 0 Å². The highest BCUT2D eigenvalue weighted by Gasteiger charge is 2.04. The van der Waals surface area contributed by atoms with Gasteiger partial charge in [0.05, 0.1) is 30.1 Å². The van der Waals surface area contributed by atoms with Crippen LogP contribution in [0.25, 0.3) is 0 Å². The monoisotopic (exact) mass is 253 g/mol. The molecule has 0 aromatic heterocycles. The normalized spacial score (nSPS) is 9.68. The molecule has 0 aliphatic heterocycles. The minimum atomic E-state index is 0.585. The van der Waals surface area contributed by atoms with Crippen molar-refractivity contribution in [1.82, 2.24) is 0 Å². The van der Waals surface area contributed by atoms with Gasteiger partial charge in [-0.05, 0) is 29.8 Å². The molecule has 2 rings (SSSR count). The van der Waals surface area contributed by atoms with Gasteiger partial charge in [-0.25, -0.2) is 0 Å². The van der Waals surface area contributed by atoms with Crippen LogP contribution < -0.4 is 15.8 Å². The van der Waals surface area contributed by atoms with Crippen LogP contribution in [0, 0.1) is 11.3 Å². The first-order valence-corrected chi connectivity index (χ1v) is 5.90. The summed E-state index contributed by atoms with van der Waals surface area (Å²) in [5.41, 5.74) is 9.06. The Morgan fingerprint density at radius 1 is 1.26 bits per heavy atom. The average molecular weight is 253 g/mol. The van der Waals surface area contributed by atoms with Crippen molar-refractivity contribution in [3.63, 3.8) is 0 Å². The Morgan fingerprint density at radius 2 is 2.05 bits per heavy atom. The summed E-state index contributed by atoms with van der Waals surface area (Å²) in [5.74, 6) is 0.649. The first-order chi connectivity index (χ1) is 9.24. The smallest absolute Gasteiger partial charge is 0.143 e. The van der Waals surface area contributed by atoms with Crippen molar-refractivity contribution < 1.29 is 4.74 Å². The van der Waals surface area contributed by atoms with Crippen LogP contribution in [0.4, 0.5) is 11.4 Å². The van der Waals surface area contributed by atoms with Crippen LogP contribution in [-0.2, 0) is 6.54 Å². The van der Waals surface area contributed by atoms with E-state index in [2.05, 4.69) is 11.4 Å². The fourth-order valence-corrected chi connectivity index (χ4v) is 1.82. The number of nitrogen functional groups attached to an aromatic ring is 1. The number of rotatable bonds is 4. The number of anilines is 2. The molecule has 0 radical (unpaired) electrons. The Bertz CT molecular complexity index is 617. The van der Waals surface area contributed by atoms with Crippen LogP contribution in [-0.4, -0.2) is 7.11 Å². The van der Waals surface area contributed by atoms with Gasteiger partial charge in [-0.15, -0.1) is 0 Å². The lowest BCUT2D eigenvalue weighted by Crippen LogP contribution is -2.03. The van der Waals surface area contributed by atoms with Crippen molar-refractivity contribution in [3.8, 4) is 11.8 Å². The molecule has 4 heteroatoms. The van der Waals surface area contributed by atoms with E-state index in [0.717, 1.165) is 11.3 Å². The van der Waals surface area contributed by atoms with Gasteiger partial charge in [0.2, 0.25) is 0 Å². The van der Waals surface area contributed by atoms with E-state index >= 15 is 0 Å². The lowest BCUT2D eigenvalue weighted by atomic mass is 10.1. The molecule has 96 valence electrons. The molecule has 0 saturated carbocycles. The topological polar surface area (TPSA) is 71.1 Å². The maximum atomic E-state index is 8.85. The second-order valence-electron chi connectivity index (χ2n) is 4.09. The summed E-state index contributed by atoms with van der Waals surface area (Å²) in [7, 11) is 1.59. The van der Waals surface area contributed by atoms with Crippen LogP contribution in [0.3, 0.4) is 0 Å². The zero-order valence-electron chi connectivity index (χ0n) is 10.7. The standard InChI is InChI=1S/C15H15N3O/c1-19-14-7-3-6-13(15(14)17)18-10-12-5-2-4-11(8-12)9-16/h2-8,18H,10,17H2,1H3. The first kappa shape index (κ1) is 12.8. The van der Waals surface area contributed by atoms with E-state index in [1.807, 2.05) is 36.4 Å². The van der Waals surface area contributed by atoms with Crippen LogP contribution in [0.2, 0.25) is 0 Å². The van der Waals surface area contributed by atoms with Crippen LogP contribution in [0.15, 0.2) is 42.5 Å². The number of benzene rings is 2. The summed E-state index contributed by atoms with van der Waals surface area (Å²) in [6.07, 6.45) is 0.